The third-order valence-corrected chi connectivity index (χ3v) is 8.30. The summed E-state index contributed by atoms with van der Waals surface area (Å²) in [5, 5.41) is 9.07. The molecule has 3 heterocycles. The molecule has 1 aliphatic heterocycles. The number of rotatable bonds is 2. The predicted octanol–water partition coefficient (Wildman–Crippen LogP) is 8.02. The molecule has 40 heavy (non-hydrogen) atoms. The molecule has 0 atom stereocenters. The second-order valence-electron chi connectivity index (χ2n) is 10.1. The van der Waals surface area contributed by atoms with Crippen molar-refractivity contribution in [3.8, 4) is 11.3 Å². The van der Waals surface area contributed by atoms with E-state index in [1.807, 2.05) is 18.3 Å². The highest BCUT2D eigenvalue weighted by Crippen LogP contribution is 2.41. The van der Waals surface area contributed by atoms with E-state index in [2.05, 4.69) is 124 Å². The van der Waals surface area contributed by atoms with E-state index in [9.17, 15) is 0 Å². The van der Waals surface area contributed by atoms with Crippen LogP contribution in [0.2, 0.25) is 0 Å². The number of pyridine rings is 2. The summed E-state index contributed by atoms with van der Waals surface area (Å²) in [6.45, 7) is 0.579. The van der Waals surface area contributed by atoms with Crippen LogP contribution in [0.4, 0.5) is 0 Å². The molecule has 0 radical (unpaired) electrons. The van der Waals surface area contributed by atoms with Crippen LogP contribution in [0.3, 0.4) is 0 Å². The molecule has 4 heteroatoms. The Labute approximate surface area is 239 Å². The fourth-order valence-corrected chi connectivity index (χ4v) is 6.38. The predicted molar refractivity (Wildman–Crippen MR) is 170 cm³/mol. The maximum absolute atomic E-state index is 5.13. The summed E-state index contributed by atoms with van der Waals surface area (Å²) >= 11 is 3.59. The third kappa shape index (κ3) is 3.68. The lowest BCUT2D eigenvalue weighted by atomic mass is 9.87. The number of allylic oxidation sites excluding steroid dienone is 1. The molecule has 0 amide bonds. The van der Waals surface area contributed by atoms with Gasteiger partial charge in [-0.25, -0.2) is 4.98 Å². The molecular weight excluding hydrogens is 554 g/mol. The van der Waals surface area contributed by atoms with Crippen LogP contribution in [-0.4, -0.2) is 16.5 Å². The first kappa shape index (κ1) is 23.2. The van der Waals surface area contributed by atoms with Gasteiger partial charge in [-0.05, 0) is 63.0 Å². The van der Waals surface area contributed by atoms with Gasteiger partial charge in [-0.3, -0.25) is 9.98 Å². The van der Waals surface area contributed by atoms with Crippen LogP contribution in [0.1, 0.15) is 5.56 Å². The molecule has 0 saturated heterocycles. The van der Waals surface area contributed by atoms with E-state index in [0.717, 1.165) is 48.1 Å². The summed E-state index contributed by atoms with van der Waals surface area (Å²) in [5.74, 6) is 0. The lowest BCUT2D eigenvalue weighted by molar-refractivity contribution is 1.16. The Morgan fingerprint density at radius 2 is 1.35 bits per heavy atom. The highest BCUT2D eigenvalue weighted by atomic mass is 79.9. The number of benzene rings is 5. The van der Waals surface area contributed by atoms with Gasteiger partial charge in [0.1, 0.15) is 0 Å². The van der Waals surface area contributed by atoms with Gasteiger partial charge >= 0.3 is 0 Å². The second-order valence-corrected chi connectivity index (χ2v) is 11.0. The average Bonchev–Trinajstić information content (AvgIpc) is 3.22. The van der Waals surface area contributed by atoms with Crippen LogP contribution in [-0.2, 0) is 0 Å². The Morgan fingerprint density at radius 1 is 0.625 bits per heavy atom. The molecule has 0 saturated carbocycles. The van der Waals surface area contributed by atoms with Crippen molar-refractivity contribution in [1.82, 2.24) is 9.97 Å². The fraction of sp³-hybridized carbons (Fsp3) is 0.0278. The van der Waals surface area contributed by atoms with Gasteiger partial charge in [0.15, 0.2) is 0 Å². The Hall–Kier alpha value is -4.67. The molecule has 2 aromatic heterocycles. The molecule has 5 aromatic carbocycles. The molecule has 8 rings (SSSR count). The molecule has 3 nitrogen and oxygen atoms in total. The summed E-state index contributed by atoms with van der Waals surface area (Å²) in [6, 6.07) is 36.3. The van der Waals surface area contributed by atoms with E-state index >= 15 is 0 Å². The van der Waals surface area contributed by atoms with Crippen LogP contribution < -0.4 is 10.6 Å². The van der Waals surface area contributed by atoms with Crippen molar-refractivity contribution in [1.29, 1.82) is 0 Å². The smallest absolute Gasteiger partial charge is 0.0960 e. The zero-order valence-corrected chi connectivity index (χ0v) is 23.1. The highest BCUT2D eigenvalue weighted by molar-refractivity contribution is 9.10. The molecule has 0 fully saturated rings. The summed E-state index contributed by atoms with van der Waals surface area (Å²) < 4.78 is 1.06. The monoisotopic (exact) mass is 575 g/mol. The molecule has 0 spiro atoms. The minimum Gasteiger partial charge on any atom is -0.278 e. The summed E-state index contributed by atoms with van der Waals surface area (Å²) in [6.07, 6.45) is 6.27. The minimum absolute atomic E-state index is 0.579. The van der Waals surface area contributed by atoms with E-state index in [1.54, 1.807) is 0 Å². The summed E-state index contributed by atoms with van der Waals surface area (Å²) in [4.78, 5) is 14.9. The lowest BCUT2D eigenvalue weighted by Crippen LogP contribution is -2.25. The Morgan fingerprint density at radius 3 is 2.12 bits per heavy atom. The largest absolute Gasteiger partial charge is 0.278 e. The fourth-order valence-electron chi connectivity index (χ4n) is 6.00. The van der Waals surface area contributed by atoms with Crippen molar-refractivity contribution >= 4 is 70.9 Å². The topological polar surface area (TPSA) is 38.1 Å². The van der Waals surface area contributed by atoms with E-state index in [0.29, 0.717) is 6.54 Å². The van der Waals surface area contributed by atoms with Crippen molar-refractivity contribution in [3.05, 3.63) is 136 Å². The standard InChI is InChI=1S/C36H22BrN3/c37-26-16-18-31-24(20-26)15-17-32(40-31)34-29-9-3-1-7-27(29)33(28-8-2-4-10-30(28)34)25-14-13-23-12-11-22-6-5-19-38-35(22)36(23)39-21-25/h1-20H,21H2. The Bertz CT molecular complexity index is 2260. The van der Waals surface area contributed by atoms with Crippen molar-refractivity contribution in [2.24, 2.45) is 4.99 Å². The van der Waals surface area contributed by atoms with Crippen LogP contribution in [0.25, 0.3) is 66.3 Å². The quantitative estimate of drug-likeness (QED) is 0.196. The number of fused-ring (bicyclic) bond motifs is 6. The number of halogens is 1. The lowest BCUT2D eigenvalue weighted by Gasteiger charge is -2.18. The van der Waals surface area contributed by atoms with Gasteiger partial charge in [0.25, 0.3) is 0 Å². The second kappa shape index (κ2) is 9.22. The number of hydrogen-bond acceptors (Lipinski definition) is 3. The van der Waals surface area contributed by atoms with Gasteiger partial charge in [-0.1, -0.05) is 101 Å². The zero-order chi connectivity index (χ0) is 26.6. The first-order chi connectivity index (χ1) is 19.7. The van der Waals surface area contributed by atoms with E-state index in [4.69, 9.17) is 9.98 Å². The SMILES string of the molecule is Brc1ccc2nc(-c3c4ccccc4c(C4=CC=c5ccc6cccnc6c5=NC4)c4ccccc34)ccc2c1. The maximum Gasteiger partial charge on any atom is 0.0960 e. The molecule has 0 aliphatic carbocycles. The van der Waals surface area contributed by atoms with Gasteiger partial charge in [-0.2, -0.15) is 0 Å². The Balaban J connectivity index is 1.40. The first-order valence-electron chi connectivity index (χ1n) is 13.3. The molecule has 0 bridgehead atoms. The van der Waals surface area contributed by atoms with Gasteiger partial charge in [0.05, 0.1) is 28.6 Å². The molecule has 7 aromatic rings. The number of aromatic nitrogens is 2. The minimum atomic E-state index is 0.579. The van der Waals surface area contributed by atoms with Crippen molar-refractivity contribution in [2.75, 3.05) is 6.54 Å². The highest BCUT2D eigenvalue weighted by Gasteiger charge is 2.19. The Kier molecular flexibility index (Phi) is 5.35. The van der Waals surface area contributed by atoms with Crippen molar-refractivity contribution in [3.63, 3.8) is 0 Å². The van der Waals surface area contributed by atoms with Crippen LogP contribution in [0.5, 0.6) is 0 Å². The van der Waals surface area contributed by atoms with E-state index in [1.165, 1.54) is 32.7 Å². The molecular formula is C36H22BrN3. The molecule has 188 valence electrons. The molecule has 0 unspecified atom stereocenters. The van der Waals surface area contributed by atoms with Gasteiger partial charge in [0, 0.05) is 32.2 Å². The number of nitrogens with zero attached hydrogens (tertiary/aromatic N) is 3. The summed E-state index contributed by atoms with van der Waals surface area (Å²) in [7, 11) is 0. The van der Waals surface area contributed by atoms with Crippen LogP contribution >= 0.6 is 15.9 Å². The van der Waals surface area contributed by atoms with E-state index in [-0.39, 0.29) is 0 Å². The normalized spacial score (nSPS) is 13.1. The first-order valence-corrected chi connectivity index (χ1v) is 14.1. The average molecular weight is 576 g/mol. The van der Waals surface area contributed by atoms with Gasteiger partial charge < -0.3 is 0 Å². The van der Waals surface area contributed by atoms with Crippen molar-refractivity contribution < 1.29 is 0 Å². The van der Waals surface area contributed by atoms with Crippen LogP contribution in [0.15, 0.2) is 125 Å². The van der Waals surface area contributed by atoms with Crippen molar-refractivity contribution in [2.45, 2.75) is 0 Å². The third-order valence-electron chi connectivity index (χ3n) is 7.81. The van der Waals surface area contributed by atoms with Crippen LogP contribution in [0, 0.1) is 0 Å². The number of hydrogen-bond donors (Lipinski definition) is 0. The zero-order valence-electron chi connectivity index (χ0n) is 21.5. The molecule has 0 N–H and O–H groups in total. The van der Waals surface area contributed by atoms with E-state index < -0.39 is 0 Å². The maximum atomic E-state index is 5.13. The molecule has 1 aliphatic rings. The summed E-state index contributed by atoms with van der Waals surface area (Å²) in [5.41, 5.74) is 6.49. The van der Waals surface area contributed by atoms with Gasteiger partial charge in [-0.15, -0.1) is 0 Å². The van der Waals surface area contributed by atoms with Gasteiger partial charge in [0.2, 0.25) is 0 Å².